The summed E-state index contributed by atoms with van der Waals surface area (Å²) in [7, 11) is -31.6. The van der Waals surface area contributed by atoms with Crippen molar-refractivity contribution in [3.63, 3.8) is 0 Å². The zero-order valence-corrected chi connectivity index (χ0v) is 28.3. The molecule has 0 aromatic heterocycles. The third kappa shape index (κ3) is 7.88. The van der Waals surface area contributed by atoms with Crippen LogP contribution in [0.4, 0.5) is 11.4 Å². The van der Waals surface area contributed by atoms with Gasteiger partial charge in [0.1, 0.15) is 9.79 Å². The Labute approximate surface area is 275 Å². The van der Waals surface area contributed by atoms with E-state index in [2.05, 4.69) is 10.6 Å². The summed E-state index contributed by atoms with van der Waals surface area (Å²) in [5.74, 6) is 0. The van der Waals surface area contributed by atoms with Crippen molar-refractivity contribution in [2.75, 3.05) is 10.6 Å². The fourth-order valence-electron chi connectivity index (χ4n) is 4.32. The van der Waals surface area contributed by atoms with Crippen molar-refractivity contribution < 1.29 is 77.8 Å². The fourth-order valence-corrected chi connectivity index (χ4v) is 8.38. The molecule has 0 aliphatic heterocycles. The summed E-state index contributed by atoms with van der Waals surface area (Å²) in [6, 6.07) is 3.79. The summed E-state index contributed by atoms with van der Waals surface area (Å²) in [6.07, 6.45) is 0. The average Bonchev–Trinajstić information content (AvgIpc) is 2.88. The zero-order chi connectivity index (χ0) is 36.6. The van der Waals surface area contributed by atoms with Gasteiger partial charge >= 0.3 is 0 Å². The summed E-state index contributed by atoms with van der Waals surface area (Å²) < 4.78 is 202. The minimum Gasteiger partial charge on any atom is -0.332 e. The second-order valence-electron chi connectivity index (χ2n) is 9.41. The molecule has 260 valence electrons. The highest BCUT2D eigenvalue weighted by atomic mass is 32.2. The molecule has 4 rings (SSSR count). The third-order valence-electron chi connectivity index (χ3n) is 6.16. The molecule has 0 bridgehead atoms. The largest absolute Gasteiger partial charge is 0.332 e. The summed E-state index contributed by atoms with van der Waals surface area (Å²) in [6.45, 7) is 0. The summed E-state index contributed by atoms with van der Waals surface area (Å²) in [4.78, 5) is -6.91. The number of anilines is 2. The Balaban J connectivity index is 2.05. The Bertz CT molecular complexity index is 2580. The number of rotatable bonds is 8. The maximum atomic E-state index is 12.3. The lowest BCUT2D eigenvalue weighted by Gasteiger charge is -2.18. The van der Waals surface area contributed by atoms with Gasteiger partial charge in [-0.3, -0.25) is 27.3 Å². The van der Waals surface area contributed by atoms with Gasteiger partial charge in [-0.15, -0.1) is 0 Å². The van der Waals surface area contributed by atoms with Gasteiger partial charge in [0.15, 0.2) is 5.11 Å². The van der Waals surface area contributed by atoms with Gasteiger partial charge in [0, 0.05) is 10.8 Å². The van der Waals surface area contributed by atoms with E-state index in [0.29, 0.717) is 36.4 Å². The third-order valence-corrected chi connectivity index (χ3v) is 11.4. The van der Waals surface area contributed by atoms with E-state index in [-0.39, 0.29) is 12.1 Å². The van der Waals surface area contributed by atoms with Crippen LogP contribution in [0, 0.1) is 0 Å². The van der Waals surface area contributed by atoms with Crippen LogP contribution in [0.1, 0.15) is 0 Å². The Morgan fingerprint density at radius 1 is 0.417 bits per heavy atom. The predicted molar refractivity (Wildman–Crippen MR) is 167 cm³/mol. The number of fused-ring (bicyclic) bond motifs is 2. The summed E-state index contributed by atoms with van der Waals surface area (Å²) in [5.41, 5.74) is -1.49. The van der Waals surface area contributed by atoms with Crippen molar-refractivity contribution in [1.29, 1.82) is 0 Å². The van der Waals surface area contributed by atoms with Crippen molar-refractivity contribution in [2.24, 2.45) is 0 Å². The molecule has 0 aliphatic rings. The lowest BCUT2D eigenvalue weighted by Crippen LogP contribution is -2.21. The van der Waals surface area contributed by atoms with Crippen molar-refractivity contribution in [1.82, 2.24) is 0 Å². The van der Waals surface area contributed by atoms with Gasteiger partial charge in [-0.05, 0) is 71.5 Å². The molecule has 4 aromatic carbocycles. The van der Waals surface area contributed by atoms with Crippen LogP contribution in [0.2, 0.25) is 0 Å². The molecule has 0 saturated heterocycles. The molecule has 0 radical (unpaired) electrons. The molecule has 0 heterocycles. The zero-order valence-electron chi connectivity index (χ0n) is 22.6. The Morgan fingerprint density at radius 3 is 0.896 bits per heavy atom. The van der Waals surface area contributed by atoms with E-state index in [1.54, 1.807) is 0 Å². The molecule has 8 N–H and O–H groups in total. The summed E-state index contributed by atoms with van der Waals surface area (Å²) in [5, 5.41) is 0.872. The Kier molecular flexibility index (Phi) is 9.23. The predicted octanol–water partition coefficient (Wildman–Crippen LogP) is 1.28. The maximum absolute atomic E-state index is 12.3. The number of benzene rings is 4. The normalized spacial score (nSPS) is 13.5. The SMILES string of the molecule is O=S(=O)(O)c1cc(NC(=S)Nc2cc(S(=O)(=O)O)cc3cc(S(=O)(=O)O)cc(S(=O)(=O)O)c23)c2c(S(=O)(=O)O)cc(S(=O)(=O)O)cc2c1. The highest BCUT2D eigenvalue weighted by molar-refractivity contribution is 7.87. The lowest BCUT2D eigenvalue weighted by atomic mass is 10.1. The van der Waals surface area contributed by atoms with E-state index in [4.69, 9.17) is 12.2 Å². The molecular formula is C21H16N2O18S7. The molecule has 0 fully saturated rings. The maximum Gasteiger partial charge on any atom is 0.295 e. The van der Waals surface area contributed by atoms with Gasteiger partial charge in [-0.25, -0.2) is 0 Å². The van der Waals surface area contributed by atoms with Gasteiger partial charge in [-0.2, -0.15) is 50.5 Å². The van der Waals surface area contributed by atoms with E-state index in [9.17, 15) is 77.8 Å². The molecule has 0 unspecified atom stereocenters. The van der Waals surface area contributed by atoms with E-state index in [1.165, 1.54) is 0 Å². The highest BCUT2D eigenvalue weighted by Crippen LogP contribution is 2.38. The lowest BCUT2D eigenvalue weighted by molar-refractivity contribution is 0.477. The smallest absolute Gasteiger partial charge is 0.295 e. The van der Waals surface area contributed by atoms with Crippen LogP contribution in [-0.2, 0) is 60.7 Å². The Morgan fingerprint density at radius 2 is 0.667 bits per heavy atom. The van der Waals surface area contributed by atoms with Crippen LogP contribution >= 0.6 is 12.2 Å². The van der Waals surface area contributed by atoms with Crippen LogP contribution in [0.5, 0.6) is 0 Å². The van der Waals surface area contributed by atoms with E-state index < -0.39 is 128 Å². The van der Waals surface area contributed by atoms with Gasteiger partial charge in [0.2, 0.25) is 0 Å². The first-order chi connectivity index (χ1) is 21.5. The molecule has 0 saturated carbocycles. The second-order valence-corrected chi connectivity index (χ2v) is 18.3. The number of thiocarbonyl (C=S) groups is 1. The molecule has 0 aliphatic carbocycles. The topological polar surface area (TPSA) is 350 Å². The van der Waals surface area contributed by atoms with E-state index in [0.717, 1.165) is 0 Å². The summed E-state index contributed by atoms with van der Waals surface area (Å²) >= 11 is 5.12. The number of hydrogen-bond donors (Lipinski definition) is 8. The van der Waals surface area contributed by atoms with Crippen molar-refractivity contribution >= 4 is 111 Å². The minimum absolute atomic E-state index is 0.274. The first-order valence-electron chi connectivity index (χ1n) is 11.6. The molecular weight excluding hydrogens is 793 g/mol. The van der Waals surface area contributed by atoms with Crippen LogP contribution in [0.15, 0.2) is 77.9 Å². The van der Waals surface area contributed by atoms with Crippen molar-refractivity contribution in [3.05, 3.63) is 48.5 Å². The molecule has 0 atom stereocenters. The standard InChI is InChI=1S/C21H16N2O18S7/c24-43(25,26)11-1-9-3-13(45(30,31)32)7-17(47(36,37)38)19(9)15(5-11)22-21(42)23-16-6-12(44(27,28)29)2-10-4-14(46(33,34)35)8-18(20(10)16)48(39,40)41/h1-8H,(H2,22,23,42)(H,24,25,26)(H,27,28,29)(H,30,31,32)(H,33,34,35)(H,36,37,38)(H,39,40,41). The average molecular weight is 809 g/mol. The Hall–Kier alpha value is -3.45. The van der Waals surface area contributed by atoms with Gasteiger partial charge < -0.3 is 10.6 Å². The fraction of sp³-hybridized carbons (Fsp3) is 0. The van der Waals surface area contributed by atoms with Crippen LogP contribution in [0.25, 0.3) is 21.5 Å². The van der Waals surface area contributed by atoms with E-state index in [1.807, 2.05) is 0 Å². The highest BCUT2D eigenvalue weighted by Gasteiger charge is 2.27. The van der Waals surface area contributed by atoms with Crippen LogP contribution in [0.3, 0.4) is 0 Å². The molecule has 20 nitrogen and oxygen atoms in total. The monoisotopic (exact) mass is 808 g/mol. The van der Waals surface area contributed by atoms with Gasteiger partial charge in [-0.1, -0.05) is 0 Å². The molecule has 0 amide bonds. The first-order valence-corrected chi connectivity index (χ1v) is 20.7. The van der Waals surface area contributed by atoms with Crippen molar-refractivity contribution in [2.45, 2.75) is 29.4 Å². The molecule has 4 aromatic rings. The van der Waals surface area contributed by atoms with Crippen molar-refractivity contribution in [3.8, 4) is 0 Å². The second kappa shape index (κ2) is 11.9. The molecule has 27 heteroatoms. The number of hydrogen-bond acceptors (Lipinski definition) is 13. The molecule has 48 heavy (non-hydrogen) atoms. The van der Waals surface area contributed by atoms with Gasteiger partial charge in [0.25, 0.3) is 60.7 Å². The van der Waals surface area contributed by atoms with Crippen LogP contribution in [-0.4, -0.2) is 82.9 Å². The first kappa shape index (κ1) is 37.4. The minimum atomic E-state index is -5.42. The molecule has 0 spiro atoms. The quantitative estimate of drug-likeness (QED) is 0.0917. The van der Waals surface area contributed by atoms with E-state index >= 15 is 0 Å². The number of nitrogens with one attached hydrogen (secondary N) is 2. The van der Waals surface area contributed by atoms with Gasteiger partial charge in [0.05, 0.1) is 31.0 Å². The van der Waals surface area contributed by atoms with Crippen LogP contribution < -0.4 is 10.6 Å².